The Hall–Kier alpha value is -1.34. The normalized spacial score (nSPS) is 10.1. The maximum absolute atomic E-state index is 11.3. The smallest absolute Gasteiger partial charge is 0.448 e. The minimum atomic E-state index is -1.62. The van der Waals surface area contributed by atoms with Crippen molar-refractivity contribution in [1.29, 1.82) is 0 Å². The zero-order valence-corrected chi connectivity index (χ0v) is 8.46. The summed E-state index contributed by atoms with van der Waals surface area (Å²) in [5, 5.41) is 21.2. The molecule has 1 aromatic heterocycles. The van der Waals surface area contributed by atoms with E-state index >= 15 is 0 Å². The maximum Gasteiger partial charge on any atom is 0.491 e. The van der Waals surface area contributed by atoms with Crippen molar-refractivity contribution < 1.29 is 19.6 Å². The van der Waals surface area contributed by atoms with Crippen LogP contribution in [0.5, 0.6) is 0 Å². The van der Waals surface area contributed by atoms with Crippen LogP contribution in [0.4, 0.5) is 4.79 Å². The van der Waals surface area contributed by atoms with Gasteiger partial charge >= 0.3 is 13.2 Å². The van der Waals surface area contributed by atoms with Crippen LogP contribution in [0.1, 0.15) is 19.8 Å². The third kappa shape index (κ3) is 3.37. The molecular weight excluding hydrogens is 199 g/mol. The third-order valence-electron chi connectivity index (χ3n) is 1.81. The molecule has 82 valence electrons. The van der Waals surface area contributed by atoms with Gasteiger partial charge in [0.2, 0.25) is 0 Å². The largest absolute Gasteiger partial charge is 0.491 e. The molecule has 15 heavy (non-hydrogen) atoms. The molecule has 0 spiro atoms. The van der Waals surface area contributed by atoms with Gasteiger partial charge in [-0.2, -0.15) is 9.78 Å². The average Bonchev–Trinajstić information content (AvgIpc) is 2.66. The van der Waals surface area contributed by atoms with Crippen LogP contribution in [-0.4, -0.2) is 39.6 Å². The lowest BCUT2D eigenvalue weighted by molar-refractivity contribution is 0.143. The first-order chi connectivity index (χ1) is 7.15. The highest BCUT2D eigenvalue weighted by molar-refractivity contribution is 6.58. The summed E-state index contributed by atoms with van der Waals surface area (Å²) in [7, 11) is -1.62. The van der Waals surface area contributed by atoms with Crippen LogP contribution in [-0.2, 0) is 4.74 Å². The van der Waals surface area contributed by atoms with Crippen LogP contribution in [0.3, 0.4) is 0 Å². The first-order valence-electron chi connectivity index (χ1n) is 4.73. The van der Waals surface area contributed by atoms with E-state index in [1.807, 2.05) is 6.92 Å². The average molecular weight is 212 g/mol. The zero-order valence-electron chi connectivity index (χ0n) is 8.46. The number of carbonyl (C=O) groups is 1. The van der Waals surface area contributed by atoms with E-state index in [0.717, 1.165) is 17.5 Å². The van der Waals surface area contributed by atoms with Gasteiger partial charge < -0.3 is 14.8 Å². The molecule has 2 N–H and O–H groups in total. The van der Waals surface area contributed by atoms with Gasteiger partial charge in [-0.15, -0.1) is 0 Å². The lowest BCUT2D eigenvalue weighted by atomic mass is 9.83. The molecule has 0 fully saturated rings. The second kappa shape index (κ2) is 5.52. The molecule has 0 saturated heterocycles. The summed E-state index contributed by atoms with van der Waals surface area (Å²) >= 11 is 0. The molecule has 0 unspecified atom stereocenters. The lowest BCUT2D eigenvalue weighted by Gasteiger charge is -2.02. The van der Waals surface area contributed by atoms with Crippen LogP contribution in [0.2, 0.25) is 0 Å². The number of hydrogen-bond donors (Lipinski definition) is 2. The maximum atomic E-state index is 11.3. The Kier molecular flexibility index (Phi) is 4.32. The highest BCUT2D eigenvalue weighted by Gasteiger charge is 2.16. The predicted molar refractivity (Wildman–Crippen MR) is 53.7 cm³/mol. The summed E-state index contributed by atoms with van der Waals surface area (Å²) in [6.07, 6.45) is 3.54. The fourth-order valence-electron chi connectivity index (χ4n) is 0.940. The van der Waals surface area contributed by atoms with E-state index in [1.165, 1.54) is 12.4 Å². The molecule has 0 atom stereocenters. The number of carbonyl (C=O) groups excluding carboxylic acids is 1. The Balaban J connectivity index is 2.51. The van der Waals surface area contributed by atoms with E-state index in [4.69, 9.17) is 14.8 Å². The van der Waals surface area contributed by atoms with Crippen molar-refractivity contribution in [2.24, 2.45) is 0 Å². The SMILES string of the molecule is CCCCOC(=O)n1cc(B(O)O)cn1. The predicted octanol–water partition coefficient (Wildman–Crippen LogP) is -0.652. The number of ether oxygens (including phenoxy) is 1. The molecule has 0 amide bonds. The van der Waals surface area contributed by atoms with E-state index in [1.54, 1.807) is 0 Å². The van der Waals surface area contributed by atoms with Crippen LogP contribution < -0.4 is 5.46 Å². The summed E-state index contributed by atoms with van der Waals surface area (Å²) in [4.78, 5) is 11.3. The Morgan fingerprint density at radius 2 is 2.40 bits per heavy atom. The van der Waals surface area contributed by atoms with Crippen LogP contribution in [0.25, 0.3) is 0 Å². The van der Waals surface area contributed by atoms with Gasteiger partial charge in [0.1, 0.15) is 0 Å². The Labute approximate surface area is 87.6 Å². The zero-order chi connectivity index (χ0) is 11.3. The van der Waals surface area contributed by atoms with Gasteiger partial charge in [-0.3, -0.25) is 0 Å². The quantitative estimate of drug-likeness (QED) is 0.511. The van der Waals surface area contributed by atoms with Gasteiger partial charge in [0, 0.05) is 17.9 Å². The Bertz CT molecular complexity index is 326. The molecule has 6 nitrogen and oxygen atoms in total. The number of hydrogen-bond acceptors (Lipinski definition) is 5. The van der Waals surface area contributed by atoms with E-state index in [9.17, 15) is 4.79 Å². The number of nitrogens with zero attached hydrogens (tertiary/aromatic N) is 2. The molecule has 1 heterocycles. The van der Waals surface area contributed by atoms with E-state index in [2.05, 4.69) is 5.10 Å². The Morgan fingerprint density at radius 1 is 1.67 bits per heavy atom. The molecule has 1 rings (SSSR count). The summed E-state index contributed by atoms with van der Waals surface area (Å²) in [5.74, 6) is 0. The minimum Gasteiger partial charge on any atom is -0.448 e. The van der Waals surface area contributed by atoms with Gasteiger partial charge in [-0.25, -0.2) is 4.79 Å². The van der Waals surface area contributed by atoms with Gasteiger partial charge in [0.25, 0.3) is 0 Å². The molecule has 0 aliphatic carbocycles. The van der Waals surface area contributed by atoms with Gasteiger partial charge in [-0.1, -0.05) is 13.3 Å². The summed E-state index contributed by atoms with van der Waals surface area (Å²) in [5.41, 5.74) is 0.155. The van der Waals surface area contributed by atoms with Gasteiger partial charge in [0.05, 0.1) is 6.61 Å². The van der Waals surface area contributed by atoms with Crippen LogP contribution in [0.15, 0.2) is 12.4 Å². The molecule has 7 heteroatoms. The van der Waals surface area contributed by atoms with E-state index in [-0.39, 0.29) is 5.46 Å². The van der Waals surface area contributed by atoms with Gasteiger partial charge in [0.15, 0.2) is 0 Å². The highest BCUT2D eigenvalue weighted by Crippen LogP contribution is 1.92. The third-order valence-corrected chi connectivity index (χ3v) is 1.81. The number of rotatable bonds is 4. The number of aromatic nitrogens is 2. The number of unbranched alkanes of at least 4 members (excludes halogenated alkanes) is 1. The minimum absolute atomic E-state index is 0.155. The van der Waals surface area contributed by atoms with E-state index in [0.29, 0.717) is 6.61 Å². The molecule has 0 aliphatic rings. The van der Waals surface area contributed by atoms with Crippen molar-refractivity contribution in [2.45, 2.75) is 19.8 Å². The first kappa shape index (κ1) is 11.7. The highest BCUT2D eigenvalue weighted by atomic mass is 16.6. The fourth-order valence-corrected chi connectivity index (χ4v) is 0.940. The van der Waals surface area contributed by atoms with Crippen molar-refractivity contribution in [3.8, 4) is 0 Å². The summed E-state index contributed by atoms with van der Waals surface area (Å²) in [6.45, 7) is 2.33. The van der Waals surface area contributed by atoms with Crippen LogP contribution >= 0.6 is 0 Å². The van der Waals surface area contributed by atoms with Crippen LogP contribution in [0, 0.1) is 0 Å². The molecule has 0 aliphatic heterocycles. The topological polar surface area (TPSA) is 84.6 Å². The molecular formula is C8H13BN2O4. The summed E-state index contributed by atoms with van der Waals surface area (Å²) in [6, 6.07) is 0. The lowest BCUT2D eigenvalue weighted by Crippen LogP contribution is -2.28. The molecule has 0 radical (unpaired) electrons. The fraction of sp³-hybridized carbons (Fsp3) is 0.500. The van der Waals surface area contributed by atoms with Crippen molar-refractivity contribution in [3.05, 3.63) is 12.4 Å². The Morgan fingerprint density at radius 3 is 2.93 bits per heavy atom. The molecule has 1 aromatic rings. The molecule has 0 aromatic carbocycles. The van der Waals surface area contributed by atoms with Crippen molar-refractivity contribution in [2.75, 3.05) is 6.61 Å². The monoisotopic (exact) mass is 212 g/mol. The standard InChI is InChI=1S/C8H13BN2O4/c1-2-3-4-15-8(12)11-6-7(5-10-11)9(13)14/h5-6,13-14H,2-4H2,1H3. The van der Waals surface area contributed by atoms with Crippen molar-refractivity contribution in [1.82, 2.24) is 9.78 Å². The van der Waals surface area contributed by atoms with Crippen molar-refractivity contribution >= 4 is 18.7 Å². The van der Waals surface area contributed by atoms with E-state index < -0.39 is 13.2 Å². The second-order valence-corrected chi connectivity index (χ2v) is 3.06. The van der Waals surface area contributed by atoms with Gasteiger partial charge in [-0.05, 0) is 6.42 Å². The van der Waals surface area contributed by atoms with Crippen molar-refractivity contribution in [3.63, 3.8) is 0 Å². The first-order valence-corrected chi connectivity index (χ1v) is 4.73. The summed E-state index contributed by atoms with van der Waals surface area (Å²) < 4.78 is 5.79. The molecule has 0 bridgehead atoms. The molecule has 0 saturated carbocycles. The second-order valence-electron chi connectivity index (χ2n) is 3.06.